The van der Waals surface area contributed by atoms with Gasteiger partial charge in [0.15, 0.2) is 0 Å². The van der Waals surface area contributed by atoms with E-state index in [9.17, 15) is 4.39 Å². The van der Waals surface area contributed by atoms with Crippen LogP contribution in [0.4, 0.5) is 4.39 Å². The Morgan fingerprint density at radius 1 is 1.42 bits per heavy atom. The third kappa shape index (κ3) is 1.58. The second-order valence-corrected chi connectivity index (χ2v) is 2.75. The first-order chi connectivity index (χ1) is 5.69. The van der Waals surface area contributed by atoms with Crippen LogP contribution in [-0.4, -0.2) is 7.11 Å². The summed E-state index contributed by atoms with van der Waals surface area (Å²) in [6.45, 7) is 3.79. The van der Waals surface area contributed by atoms with E-state index >= 15 is 0 Å². The zero-order chi connectivity index (χ0) is 9.14. The summed E-state index contributed by atoms with van der Waals surface area (Å²) in [6, 6.07) is 3.28. The van der Waals surface area contributed by atoms with E-state index in [1.807, 2.05) is 13.0 Å². The average Bonchev–Trinajstić information content (AvgIpc) is 2.09. The van der Waals surface area contributed by atoms with Crippen molar-refractivity contribution in [3.05, 3.63) is 29.1 Å². The van der Waals surface area contributed by atoms with Crippen molar-refractivity contribution < 1.29 is 9.13 Å². The summed E-state index contributed by atoms with van der Waals surface area (Å²) >= 11 is 0. The van der Waals surface area contributed by atoms with Gasteiger partial charge in [-0.2, -0.15) is 0 Å². The molecular weight excluding hydrogens is 155 g/mol. The van der Waals surface area contributed by atoms with Gasteiger partial charge in [-0.15, -0.1) is 0 Å². The van der Waals surface area contributed by atoms with Gasteiger partial charge in [0, 0.05) is 6.07 Å². The quantitative estimate of drug-likeness (QED) is 0.659. The summed E-state index contributed by atoms with van der Waals surface area (Å²) < 4.78 is 18.1. The smallest absolute Gasteiger partial charge is 0.130 e. The van der Waals surface area contributed by atoms with Crippen LogP contribution in [0.5, 0.6) is 5.75 Å². The highest BCUT2D eigenvalue weighted by Crippen LogP contribution is 2.20. The standard InChI is InChI=1S/C10H13FO/c1-4-8-5-9(12-3)6-10(11)7(8)2/h5-6H,4H2,1-3H3. The highest BCUT2D eigenvalue weighted by molar-refractivity contribution is 5.36. The van der Waals surface area contributed by atoms with E-state index in [-0.39, 0.29) is 5.82 Å². The molecule has 0 saturated heterocycles. The molecule has 0 aliphatic rings. The van der Waals surface area contributed by atoms with Crippen LogP contribution in [0.1, 0.15) is 18.1 Å². The molecule has 2 heteroatoms. The molecule has 0 atom stereocenters. The molecule has 0 heterocycles. The molecule has 0 N–H and O–H groups in total. The first kappa shape index (κ1) is 9.04. The van der Waals surface area contributed by atoms with Gasteiger partial charge in [-0.05, 0) is 30.5 Å². The summed E-state index contributed by atoms with van der Waals surface area (Å²) in [5.74, 6) is 0.404. The van der Waals surface area contributed by atoms with Gasteiger partial charge in [0.05, 0.1) is 7.11 Å². The van der Waals surface area contributed by atoms with Gasteiger partial charge >= 0.3 is 0 Å². The molecule has 0 saturated carbocycles. The van der Waals surface area contributed by atoms with Crippen LogP contribution in [0.2, 0.25) is 0 Å². The Labute approximate surface area is 72.2 Å². The van der Waals surface area contributed by atoms with Crippen LogP contribution < -0.4 is 4.74 Å². The molecule has 0 aliphatic carbocycles. The second kappa shape index (κ2) is 3.57. The van der Waals surface area contributed by atoms with Gasteiger partial charge in [0.25, 0.3) is 0 Å². The van der Waals surface area contributed by atoms with E-state index in [0.717, 1.165) is 17.5 Å². The molecule has 0 aromatic heterocycles. The summed E-state index contributed by atoms with van der Waals surface area (Å²) in [5, 5.41) is 0. The fourth-order valence-corrected chi connectivity index (χ4v) is 1.19. The summed E-state index contributed by atoms with van der Waals surface area (Å²) in [6.07, 6.45) is 0.833. The van der Waals surface area contributed by atoms with E-state index in [1.165, 1.54) is 6.07 Å². The molecule has 0 radical (unpaired) electrons. The van der Waals surface area contributed by atoms with Crippen LogP contribution in [0.15, 0.2) is 12.1 Å². The van der Waals surface area contributed by atoms with Crippen molar-refractivity contribution in [3.63, 3.8) is 0 Å². The zero-order valence-corrected chi connectivity index (χ0v) is 7.65. The fourth-order valence-electron chi connectivity index (χ4n) is 1.19. The minimum Gasteiger partial charge on any atom is -0.497 e. The van der Waals surface area contributed by atoms with E-state index in [1.54, 1.807) is 14.0 Å². The molecule has 1 nitrogen and oxygen atoms in total. The Balaban J connectivity index is 3.19. The Morgan fingerprint density at radius 3 is 2.58 bits per heavy atom. The van der Waals surface area contributed by atoms with Crippen molar-refractivity contribution >= 4 is 0 Å². The lowest BCUT2D eigenvalue weighted by Crippen LogP contribution is -1.93. The molecule has 1 aromatic carbocycles. The molecule has 0 bridgehead atoms. The van der Waals surface area contributed by atoms with Gasteiger partial charge in [0.2, 0.25) is 0 Å². The largest absolute Gasteiger partial charge is 0.497 e. The Morgan fingerprint density at radius 2 is 2.08 bits per heavy atom. The number of aryl methyl sites for hydroxylation is 1. The predicted molar refractivity (Wildman–Crippen MR) is 47.1 cm³/mol. The predicted octanol–water partition coefficient (Wildman–Crippen LogP) is 2.71. The first-order valence-corrected chi connectivity index (χ1v) is 4.02. The number of rotatable bonds is 2. The average molecular weight is 168 g/mol. The van der Waals surface area contributed by atoms with E-state index < -0.39 is 0 Å². The minimum atomic E-state index is -0.189. The molecule has 12 heavy (non-hydrogen) atoms. The molecule has 66 valence electrons. The zero-order valence-electron chi connectivity index (χ0n) is 7.65. The maximum Gasteiger partial charge on any atom is 0.130 e. The molecular formula is C10H13FO. The van der Waals surface area contributed by atoms with Crippen molar-refractivity contribution in [1.82, 2.24) is 0 Å². The third-order valence-corrected chi connectivity index (χ3v) is 2.04. The molecule has 0 aliphatic heterocycles. The first-order valence-electron chi connectivity index (χ1n) is 4.02. The number of halogens is 1. The number of ether oxygens (including phenoxy) is 1. The lowest BCUT2D eigenvalue weighted by Gasteiger charge is -2.07. The number of hydrogen-bond donors (Lipinski definition) is 0. The fraction of sp³-hybridized carbons (Fsp3) is 0.400. The van der Waals surface area contributed by atoms with Gasteiger partial charge in [-0.25, -0.2) is 4.39 Å². The molecule has 0 unspecified atom stereocenters. The van der Waals surface area contributed by atoms with Crippen molar-refractivity contribution in [2.24, 2.45) is 0 Å². The molecule has 0 spiro atoms. The number of benzene rings is 1. The van der Waals surface area contributed by atoms with E-state index in [2.05, 4.69) is 0 Å². The molecule has 1 aromatic rings. The van der Waals surface area contributed by atoms with E-state index in [0.29, 0.717) is 5.75 Å². The van der Waals surface area contributed by atoms with Crippen LogP contribution in [0.25, 0.3) is 0 Å². The van der Waals surface area contributed by atoms with Gasteiger partial charge in [-0.3, -0.25) is 0 Å². The maximum absolute atomic E-state index is 13.1. The minimum absolute atomic E-state index is 0.189. The van der Waals surface area contributed by atoms with Crippen LogP contribution in [-0.2, 0) is 6.42 Å². The topological polar surface area (TPSA) is 9.23 Å². The Hall–Kier alpha value is -1.05. The van der Waals surface area contributed by atoms with Crippen LogP contribution >= 0.6 is 0 Å². The summed E-state index contributed by atoms with van der Waals surface area (Å²) in [4.78, 5) is 0. The lowest BCUT2D eigenvalue weighted by atomic mass is 10.1. The van der Waals surface area contributed by atoms with Gasteiger partial charge in [0.1, 0.15) is 11.6 Å². The van der Waals surface area contributed by atoms with Crippen molar-refractivity contribution in [2.75, 3.05) is 7.11 Å². The molecule has 1 rings (SSSR count). The normalized spacial score (nSPS) is 10.0. The van der Waals surface area contributed by atoms with Crippen molar-refractivity contribution in [2.45, 2.75) is 20.3 Å². The van der Waals surface area contributed by atoms with Crippen molar-refractivity contribution in [3.8, 4) is 5.75 Å². The summed E-state index contributed by atoms with van der Waals surface area (Å²) in [5.41, 5.74) is 1.73. The SMILES string of the molecule is CCc1cc(OC)cc(F)c1C. The Bertz CT molecular complexity index is 281. The highest BCUT2D eigenvalue weighted by atomic mass is 19.1. The van der Waals surface area contributed by atoms with E-state index in [4.69, 9.17) is 4.74 Å². The lowest BCUT2D eigenvalue weighted by molar-refractivity contribution is 0.410. The van der Waals surface area contributed by atoms with Gasteiger partial charge in [-0.1, -0.05) is 6.92 Å². The molecule has 0 fully saturated rings. The highest BCUT2D eigenvalue weighted by Gasteiger charge is 2.05. The third-order valence-electron chi connectivity index (χ3n) is 2.04. The Kier molecular flexibility index (Phi) is 2.69. The summed E-state index contributed by atoms with van der Waals surface area (Å²) in [7, 11) is 1.55. The van der Waals surface area contributed by atoms with Crippen LogP contribution in [0, 0.1) is 12.7 Å². The number of methoxy groups -OCH3 is 1. The molecule has 0 amide bonds. The van der Waals surface area contributed by atoms with Crippen LogP contribution in [0.3, 0.4) is 0 Å². The van der Waals surface area contributed by atoms with Crippen molar-refractivity contribution in [1.29, 1.82) is 0 Å². The maximum atomic E-state index is 13.1. The monoisotopic (exact) mass is 168 g/mol. The van der Waals surface area contributed by atoms with Gasteiger partial charge < -0.3 is 4.74 Å². The number of hydrogen-bond acceptors (Lipinski definition) is 1. The second-order valence-electron chi connectivity index (χ2n) is 2.75.